The molecule has 1 fully saturated rings. The summed E-state index contributed by atoms with van der Waals surface area (Å²) in [6.45, 7) is 7.11. The minimum Gasteiger partial charge on any atom is -0.310 e. The van der Waals surface area contributed by atoms with Crippen molar-refractivity contribution in [2.75, 3.05) is 4.90 Å². The standard InChI is InChI=1S/C50H49N/c1-34-31-35-17-21-37(34)22-18-36-20-24-41(23-19-35)48(32-36)51(42-27-25-39(26-28-42)38-11-6-4-7-12-38)43-29-30-45-47(33-43)50(2,3)46-16-10-15-44(49(45)46)40-13-8-5-9-14-40/h5,8-10,13-17,20-21,24-33,38H,4,6-7,11-12,18-19,22-23H2,1-3H3. The molecule has 12 rings (SSSR count). The van der Waals surface area contributed by atoms with Gasteiger partial charge in [0.1, 0.15) is 0 Å². The van der Waals surface area contributed by atoms with Crippen LogP contribution in [0.25, 0.3) is 22.3 Å². The van der Waals surface area contributed by atoms with Gasteiger partial charge in [0.2, 0.25) is 0 Å². The highest BCUT2D eigenvalue weighted by Gasteiger charge is 2.37. The molecule has 6 aliphatic rings. The summed E-state index contributed by atoms with van der Waals surface area (Å²) in [5.41, 5.74) is 20.5. The fourth-order valence-corrected chi connectivity index (χ4v) is 9.47. The quantitative estimate of drug-likeness (QED) is 0.177. The van der Waals surface area contributed by atoms with Crippen molar-refractivity contribution in [1.29, 1.82) is 0 Å². The Balaban J connectivity index is 1.19. The van der Waals surface area contributed by atoms with Gasteiger partial charge in [0, 0.05) is 22.5 Å². The highest BCUT2D eigenvalue weighted by molar-refractivity contribution is 5.94. The zero-order chi connectivity index (χ0) is 34.5. The van der Waals surface area contributed by atoms with Crippen molar-refractivity contribution in [2.24, 2.45) is 0 Å². The van der Waals surface area contributed by atoms with Gasteiger partial charge < -0.3 is 4.90 Å². The Morgan fingerprint density at radius 1 is 0.549 bits per heavy atom. The minimum atomic E-state index is -0.118. The summed E-state index contributed by atoms with van der Waals surface area (Å²) in [5.74, 6) is 0.693. The SMILES string of the molecule is Cc1cc2ccc1CCc1ccc(c(N(c3ccc(C4CCCCC4)cc3)c3ccc4c(c3)C(C)(C)c3cccc(-c5ccccc5)c3-4)c1)CC2. The maximum atomic E-state index is 2.58. The molecule has 0 N–H and O–H groups in total. The number of nitrogens with zero attached hydrogens (tertiary/aromatic N) is 1. The van der Waals surface area contributed by atoms with Crippen molar-refractivity contribution in [3.63, 3.8) is 0 Å². The van der Waals surface area contributed by atoms with Crippen LogP contribution in [0.1, 0.15) is 96.4 Å². The molecule has 0 saturated heterocycles. The molecule has 1 nitrogen and oxygen atoms in total. The summed E-state index contributed by atoms with van der Waals surface area (Å²) in [7, 11) is 0. The highest BCUT2D eigenvalue weighted by Crippen LogP contribution is 2.54. The maximum absolute atomic E-state index is 2.58. The first-order chi connectivity index (χ1) is 24.9. The van der Waals surface area contributed by atoms with Gasteiger partial charge in [0.15, 0.2) is 0 Å². The molecule has 254 valence electrons. The lowest BCUT2D eigenvalue weighted by Crippen LogP contribution is -2.17. The van der Waals surface area contributed by atoms with Gasteiger partial charge in [0.05, 0.1) is 0 Å². The van der Waals surface area contributed by atoms with Gasteiger partial charge in [-0.2, -0.15) is 0 Å². The second-order valence-electron chi connectivity index (χ2n) is 15.9. The molecule has 0 amide bonds. The van der Waals surface area contributed by atoms with E-state index in [0.29, 0.717) is 5.92 Å². The van der Waals surface area contributed by atoms with Crippen LogP contribution in [-0.2, 0) is 31.1 Å². The molecular formula is C50H49N. The molecule has 0 spiro atoms. The van der Waals surface area contributed by atoms with Crippen LogP contribution in [0.4, 0.5) is 17.1 Å². The largest absolute Gasteiger partial charge is 0.310 e. The number of aryl methyl sites for hydroxylation is 5. The molecule has 6 aromatic rings. The van der Waals surface area contributed by atoms with Crippen molar-refractivity contribution in [1.82, 2.24) is 0 Å². The Morgan fingerprint density at radius 2 is 1.25 bits per heavy atom. The predicted octanol–water partition coefficient (Wildman–Crippen LogP) is 13.4. The molecular weight excluding hydrogens is 615 g/mol. The fraction of sp³-hybridized carbons (Fsp3) is 0.280. The molecule has 0 unspecified atom stereocenters. The van der Waals surface area contributed by atoms with Gasteiger partial charge >= 0.3 is 0 Å². The zero-order valence-corrected chi connectivity index (χ0v) is 30.5. The van der Waals surface area contributed by atoms with Crippen molar-refractivity contribution >= 4 is 17.1 Å². The highest BCUT2D eigenvalue weighted by atomic mass is 15.1. The van der Waals surface area contributed by atoms with Crippen LogP contribution in [0.15, 0.2) is 127 Å². The van der Waals surface area contributed by atoms with Crippen LogP contribution in [0, 0.1) is 6.92 Å². The first-order valence-corrected chi connectivity index (χ1v) is 19.4. The second-order valence-corrected chi connectivity index (χ2v) is 15.9. The molecule has 0 atom stereocenters. The lowest BCUT2D eigenvalue weighted by Gasteiger charge is -2.31. The number of fused-ring (bicyclic) bond motifs is 3. The van der Waals surface area contributed by atoms with Crippen LogP contribution < -0.4 is 4.90 Å². The first kappa shape index (κ1) is 32.1. The molecule has 0 aliphatic heterocycles. The number of hydrogen-bond donors (Lipinski definition) is 0. The Hall–Kier alpha value is -4.88. The van der Waals surface area contributed by atoms with Crippen molar-refractivity contribution in [3.05, 3.63) is 172 Å². The number of benzene rings is 6. The Morgan fingerprint density at radius 3 is 2.02 bits per heavy atom. The monoisotopic (exact) mass is 663 g/mol. The summed E-state index contributed by atoms with van der Waals surface area (Å²) in [5, 5.41) is 0. The normalized spacial score (nSPS) is 16.3. The van der Waals surface area contributed by atoms with Crippen molar-refractivity contribution in [2.45, 2.75) is 89.9 Å². The molecule has 1 saturated carbocycles. The van der Waals surface area contributed by atoms with E-state index in [-0.39, 0.29) is 5.41 Å². The third-order valence-electron chi connectivity index (χ3n) is 12.4. The van der Waals surface area contributed by atoms with Gasteiger partial charge in [-0.25, -0.2) is 0 Å². The molecule has 0 aromatic heterocycles. The van der Waals surface area contributed by atoms with E-state index in [1.165, 1.54) is 116 Å². The van der Waals surface area contributed by atoms with Crippen LogP contribution in [0.3, 0.4) is 0 Å². The lowest BCUT2D eigenvalue weighted by atomic mass is 9.81. The predicted molar refractivity (Wildman–Crippen MR) is 216 cm³/mol. The van der Waals surface area contributed by atoms with Gasteiger partial charge in [0.25, 0.3) is 0 Å². The summed E-state index contributed by atoms with van der Waals surface area (Å²) in [6, 6.07) is 49.3. The molecule has 1 heteroatoms. The molecule has 51 heavy (non-hydrogen) atoms. The summed E-state index contributed by atoms with van der Waals surface area (Å²) in [6.07, 6.45) is 10.9. The van der Waals surface area contributed by atoms with E-state index in [0.717, 1.165) is 25.7 Å². The Kier molecular flexibility index (Phi) is 8.19. The lowest BCUT2D eigenvalue weighted by molar-refractivity contribution is 0.443. The Bertz CT molecular complexity index is 2220. The molecule has 4 bridgehead atoms. The van der Waals surface area contributed by atoms with E-state index in [1.54, 1.807) is 0 Å². The maximum Gasteiger partial charge on any atom is 0.0496 e. The van der Waals surface area contributed by atoms with E-state index >= 15 is 0 Å². The molecule has 0 radical (unpaired) electrons. The van der Waals surface area contributed by atoms with Crippen LogP contribution in [0.2, 0.25) is 0 Å². The molecule has 6 aromatic carbocycles. The van der Waals surface area contributed by atoms with Gasteiger partial charge in [-0.15, -0.1) is 0 Å². The van der Waals surface area contributed by atoms with E-state index in [1.807, 2.05) is 0 Å². The van der Waals surface area contributed by atoms with Crippen LogP contribution in [-0.4, -0.2) is 0 Å². The fourth-order valence-electron chi connectivity index (χ4n) is 9.47. The van der Waals surface area contributed by atoms with E-state index in [9.17, 15) is 0 Å². The summed E-state index contributed by atoms with van der Waals surface area (Å²) >= 11 is 0. The van der Waals surface area contributed by atoms with Crippen LogP contribution in [0.5, 0.6) is 0 Å². The van der Waals surface area contributed by atoms with E-state index < -0.39 is 0 Å². The van der Waals surface area contributed by atoms with Gasteiger partial charge in [-0.05, 0) is 148 Å². The van der Waals surface area contributed by atoms with Crippen LogP contribution >= 0.6 is 0 Å². The average molecular weight is 664 g/mol. The number of rotatable bonds is 5. The Labute approximate surface area is 305 Å². The van der Waals surface area contributed by atoms with Gasteiger partial charge in [-0.3, -0.25) is 0 Å². The van der Waals surface area contributed by atoms with E-state index in [2.05, 4.69) is 153 Å². The summed E-state index contributed by atoms with van der Waals surface area (Å²) < 4.78 is 0. The summed E-state index contributed by atoms with van der Waals surface area (Å²) in [4.78, 5) is 2.58. The van der Waals surface area contributed by atoms with Crippen molar-refractivity contribution in [3.8, 4) is 22.3 Å². The average Bonchev–Trinajstić information content (AvgIpc) is 3.40. The molecule has 6 aliphatic carbocycles. The minimum absolute atomic E-state index is 0.118. The van der Waals surface area contributed by atoms with E-state index in [4.69, 9.17) is 0 Å². The zero-order valence-electron chi connectivity index (χ0n) is 30.5. The number of anilines is 3. The van der Waals surface area contributed by atoms with Crippen molar-refractivity contribution < 1.29 is 0 Å². The second kappa shape index (κ2) is 13.0. The topological polar surface area (TPSA) is 3.24 Å². The third-order valence-corrected chi connectivity index (χ3v) is 12.4. The smallest absolute Gasteiger partial charge is 0.0496 e. The van der Waals surface area contributed by atoms with Gasteiger partial charge in [-0.1, -0.05) is 130 Å². The number of hydrogen-bond acceptors (Lipinski definition) is 1. The third kappa shape index (κ3) is 5.81. The molecule has 0 heterocycles. The first-order valence-electron chi connectivity index (χ1n) is 19.4.